The van der Waals surface area contributed by atoms with Crippen LogP contribution in [0.5, 0.6) is 0 Å². The van der Waals surface area contributed by atoms with Crippen LogP contribution in [-0.4, -0.2) is 5.96 Å². The van der Waals surface area contributed by atoms with Crippen LogP contribution in [0.2, 0.25) is 0 Å². The highest BCUT2D eigenvalue weighted by Crippen LogP contribution is 2.03. The molecule has 0 heterocycles. The molecule has 0 fully saturated rings. The maximum atomic E-state index is 5.20. The first-order chi connectivity index (χ1) is 6.68. The Kier molecular flexibility index (Phi) is 6.20. The van der Waals surface area contributed by atoms with E-state index in [1.54, 1.807) is 0 Å². The van der Waals surface area contributed by atoms with Crippen LogP contribution >= 0.6 is 0 Å². The zero-order chi connectivity index (χ0) is 11.0. The number of benzene rings is 1. The SMILES string of the molecule is CC.Cc1ccc(CN=C(N)N)cc1. The minimum Gasteiger partial charge on any atom is -0.370 e. The summed E-state index contributed by atoms with van der Waals surface area (Å²) in [4.78, 5) is 3.90. The standard InChI is InChI=1S/C9H13N3.C2H6/c1-7-2-4-8(5-3-7)6-12-9(10)11;1-2/h2-5H,6H2,1H3,(H4,10,11,12);1-2H3. The zero-order valence-electron chi connectivity index (χ0n) is 9.12. The van der Waals surface area contributed by atoms with Crippen molar-refractivity contribution in [3.05, 3.63) is 35.4 Å². The van der Waals surface area contributed by atoms with Crippen molar-refractivity contribution >= 4 is 5.96 Å². The van der Waals surface area contributed by atoms with E-state index >= 15 is 0 Å². The van der Waals surface area contributed by atoms with E-state index in [1.165, 1.54) is 5.56 Å². The molecule has 0 saturated carbocycles. The van der Waals surface area contributed by atoms with Crippen molar-refractivity contribution in [2.24, 2.45) is 16.5 Å². The molecule has 78 valence electrons. The van der Waals surface area contributed by atoms with Gasteiger partial charge in [0.25, 0.3) is 0 Å². The highest BCUT2D eigenvalue weighted by Gasteiger charge is 1.89. The van der Waals surface area contributed by atoms with E-state index in [9.17, 15) is 0 Å². The van der Waals surface area contributed by atoms with E-state index in [-0.39, 0.29) is 5.96 Å². The van der Waals surface area contributed by atoms with Crippen molar-refractivity contribution < 1.29 is 0 Å². The predicted octanol–water partition coefficient (Wildman–Crippen LogP) is 1.79. The van der Waals surface area contributed by atoms with Gasteiger partial charge in [0.15, 0.2) is 5.96 Å². The van der Waals surface area contributed by atoms with Gasteiger partial charge in [-0.1, -0.05) is 43.7 Å². The molecule has 0 amide bonds. The van der Waals surface area contributed by atoms with Crippen LogP contribution in [0.15, 0.2) is 29.3 Å². The van der Waals surface area contributed by atoms with E-state index in [4.69, 9.17) is 11.5 Å². The summed E-state index contributed by atoms with van der Waals surface area (Å²) in [6, 6.07) is 8.11. The second-order valence-electron chi connectivity index (χ2n) is 2.73. The molecule has 0 atom stereocenters. The Morgan fingerprint density at radius 1 is 1.14 bits per heavy atom. The average Bonchev–Trinajstić information content (AvgIpc) is 2.20. The lowest BCUT2D eigenvalue weighted by molar-refractivity contribution is 1.05. The van der Waals surface area contributed by atoms with Gasteiger partial charge >= 0.3 is 0 Å². The van der Waals surface area contributed by atoms with Gasteiger partial charge in [-0.2, -0.15) is 0 Å². The quantitative estimate of drug-likeness (QED) is 0.555. The van der Waals surface area contributed by atoms with Crippen LogP contribution in [0.25, 0.3) is 0 Å². The van der Waals surface area contributed by atoms with Gasteiger partial charge in [-0.3, -0.25) is 0 Å². The molecule has 0 aliphatic heterocycles. The highest BCUT2D eigenvalue weighted by molar-refractivity contribution is 5.75. The second-order valence-corrected chi connectivity index (χ2v) is 2.73. The number of hydrogen-bond donors (Lipinski definition) is 2. The molecule has 0 unspecified atom stereocenters. The van der Waals surface area contributed by atoms with Crippen molar-refractivity contribution in [3.8, 4) is 0 Å². The lowest BCUT2D eigenvalue weighted by Crippen LogP contribution is -2.22. The molecule has 3 nitrogen and oxygen atoms in total. The number of nitrogens with two attached hydrogens (primary N) is 2. The molecule has 1 aromatic carbocycles. The van der Waals surface area contributed by atoms with Gasteiger partial charge in [0.2, 0.25) is 0 Å². The van der Waals surface area contributed by atoms with Gasteiger partial charge in [0.1, 0.15) is 0 Å². The maximum Gasteiger partial charge on any atom is 0.186 e. The molecule has 0 spiro atoms. The summed E-state index contributed by atoms with van der Waals surface area (Å²) in [6.45, 7) is 6.60. The largest absolute Gasteiger partial charge is 0.370 e. The summed E-state index contributed by atoms with van der Waals surface area (Å²) >= 11 is 0. The Bertz CT molecular complexity index is 271. The topological polar surface area (TPSA) is 64.4 Å². The van der Waals surface area contributed by atoms with E-state index in [0.717, 1.165) is 5.56 Å². The van der Waals surface area contributed by atoms with Crippen LogP contribution in [0.3, 0.4) is 0 Å². The first-order valence-corrected chi connectivity index (χ1v) is 4.79. The Balaban J connectivity index is 0.000000791. The van der Waals surface area contributed by atoms with Crippen LogP contribution in [0.1, 0.15) is 25.0 Å². The average molecular weight is 193 g/mol. The molecule has 1 rings (SSSR count). The smallest absolute Gasteiger partial charge is 0.186 e. The van der Waals surface area contributed by atoms with Crippen LogP contribution < -0.4 is 11.5 Å². The molecule has 4 N–H and O–H groups in total. The van der Waals surface area contributed by atoms with Crippen LogP contribution in [0, 0.1) is 6.92 Å². The molecule has 0 radical (unpaired) electrons. The van der Waals surface area contributed by atoms with Gasteiger partial charge in [-0.15, -0.1) is 0 Å². The molecule has 0 saturated heterocycles. The predicted molar refractivity (Wildman–Crippen MR) is 62.0 cm³/mol. The number of hydrogen-bond acceptors (Lipinski definition) is 1. The van der Waals surface area contributed by atoms with Crippen molar-refractivity contribution in [2.75, 3.05) is 0 Å². The monoisotopic (exact) mass is 193 g/mol. The minimum atomic E-state index is 0.135. The normalized spacial score (nSPS) is 8.50. The van der Waals surface area contributed by atoms with Crippen LogP contribution in [-0.2, 0) is 6.54 Å². The number of rotatable bonds is 2. The summed E-state index contributed by atoms with van der Waals surface area (Å²) in [6.07, 6.45) is 0. The summed E-state index contributed by atoms with van der Waals surface area (Å²) in [5.74, 6) is 0.135. The second kappa shape index (κ2) is 6.95. The molecular formula is C11H19N3. The van der Waals surface area contributed by atoms with Gasteiger partial charge < -0.3 is 11.5 Å². The molecular weight excluding hydrogens is 174 g/mol. The minimum absolute atomic E-state index is 0.135. The van der Waals surface area contributed by atoms with Gasteiger partial charge in [-0.05, 0) is 12.5 Å². The number of nitrogens with zero attached hydrogens (tertiary/aromatic N) is 1. The summed E-state index contributed by atoms with van der Waals surface area (Å²) in [7, 11) is 0. The fourth-order valence-corrected chi connectivity index (χ4v) is 0.876. The van der Waals surface area contributed by atoms with Crippen molar-refractivity contribution in [1.82, 2.24) is 0 Å². The fourth-order valence-electron chi connectivity index (χ4n) is 0.876. The van der Waals surface area contributed by atoms with Gasteiger partial charge in [0.05, 0.1) is 6.54 Å². The lowest BCUT2D eigenvalue weighted by atomic mass is 10.1. The van der Waals surface area contributed by atoms with Crippen molar-refractivity contribution in [3.63, 3.8) is 0 Å². The van der Waals surface area contributed by atoms with E-state index in [0.29, 0.717) is 6.54 Å². The molecule has 0 aromatic heterocycles. The summed E-state index contributed by atoms with van der Waals surface area (Å²) in [5.41, 5.74) is 12.8. The molecule has 0 bridgehead atoms. The first kappa shape index (κ1) is 12.5. The molecule has 14 heavy (non-hydrogen) atoms. The zero-order valence-corrected chi connectivity index (χ0v) is 9.12. The van der Waals surface area contributed by atoms with Crippen molar-refractivity contribution in [2.45, 2.75) is 27.3 Å². The molecule has 1 aromatic rings. The Hall–Kier alpha value is -1.51. The van der Waals surface area contributed by atoms with Gasteiger partial charge in [-0.25, -0.2) is 4.99 Å². The van der Waals surface area contributed by atoms with Crippen LogP contribution in [0.4, 0.5) is 0 Å². The number of aliphatic imine (C=N–C) groups is 1. The summed E-state index contributed by atoms with van der Waals surface area (Å²) in [5, 5.41) is 0. The number of guanidine groups is 1. The third kappa shape index (κ3) is 5.19. The van der Waals surface area contributed by atoms with E-state index in [2.05, 4.69) is 4.99 Å². The van der Waals surface area contributed by atoms with E-state index < -0.39 is 0 Å². The maximum absolute atomic E-state index is 5.20. The molecule has 3 heteroatoms. The number of aryl methyl sites for hydroxylation is 1. The third-order valence-electron chi connectivity index (χ3n) is 1.56. The summed E-state index contributed by atoms with van der Waals surface area (Å²) < 4.78 is 0. The highest BCUT2D eigenvalue weighted by atomic mass is 15.0. The Morgan fingerprint density at radius 2 is 1.64 bits per heavy atom. The molecule has 0 aliphatic rings. The Morgan fingerprint density at radius 3 is 2.07 bits per heavy atom. The van der Waals surface area contributed by atoms with Crippen molar-refractivity contribution in [1.29, 1.82) is 0 Å². The van der Waals surface area contributed by atoms with E-state index in [1.807, 2.05) is 45.0 Å². The Labute approximate surface area is 85.8 Å². The first-order valence-electron chi connectivity index (χ1n) is 4.79. The van der Waals surface area contributed by atoms with Gasteiger partial charge in [0, 0.05) is 0 Å². The molecule has 0 aliphatic carbocycles. The third-order valence-corrected chi connectivity index (χ3v) is 1.56. The fraction of sp³-hybridized carbons (Fsp3) is 0.364. The lowest BCUT2D eigenvalue weighted by Gasteiger charge is -1.97.